The van der Waals surface area contributed by atoms with E-state index in [9.17, 15) is 9.59 Å². The number of thioether (sulfide) groups is 1. The van der Waals surface area contributed by atoms with Crippen molar-refractivity contribution in [3.05, 3.63) is 22.9 Å². The third-order valence-electron chi connectivity index (χ3n) is 3.21. The van der Waals surface area contributed by atoms with Crippen molar-refractivity contribution in [2.75, 3.05) is 31.1 Å². The highest BCUT2D eigenvalue weighted by Gasteiger charge is 2.25. The minimum absolute atomic E-state index is 0.348. The summed E-state index contributed by atoms with van der Waals surface area (Å²) in [6.07, 6.45) is 4.33. The molecular formula is C13H15N5O2S. The largest absolute Gasteiger partial charge is 0.339 e. The van der Waals surface area contributed by atoms with Gasteiger partial charge in [0.05, 0.1) is 10.6 Å². The molecule has 0 unspecified atom stereocenters. The minimum atomic E-state index is -0.371. The Morgan fingerprint density at radius 3 is 3.00 bits per heavy atom. The molecule has 0 aromatic carbocycles. The van der Waals surface area contributed by atoms with Crippen molar-refractivity contribution >= 4 is 34.9 Å². The number of aromatic nitrogens is 2. The van der Waals surface area contributed by atoms with Crippen LogP contribution in [0.15, 0.2) is 17.2 Å². The monoisotopic (exact) mass is 305 g/mol. The van der Waals surface area contributed by atoms with Crippen LogP contribution in [0.5, 0.6) is 0 Å². The average Bonchev–Trinajstić information content (AvgIpc) is 2.70. The highest BCUT2D eigenvalue weighted by molar-refractivity contribution is 8.18. The lowest BCUT2D eigenvalue weighted by Gasteiger charge is -2.19. The van der Waals surface area contributed by atoms with Crippen LogP contribution >= 0.6 is 11.8 Å². The number of amides is 2. The number of imide groups is 1. The molecule has 0 aliphatic carbocycles. The van der Waals surface area contributed by atoms with Crippen molar-refractivity contribution in [2.45, 2.75) is 6.42 Å². The maximum absolute atomic E-state index is 11.5. The molecule has 2 amide bonds. The zero-order chi connectivity index (χ0) is 14.7. The molecule has 3 heterocycles. The molecule has 21 heavy (non-hydrogen) atoms. The van der Waals surface area contributed by atoms with E-state index in [0.29, 0.717) is 16.5 Å². The van der Waals surface area contributed by atoms with E-state index in [-0.39, 0.29) is 11.1 Å². The first-order valence-electron chi connectivity index (χ1n) is 6.76. The summed E-state index contributed by atoms with van der Waals surface area (Å²) >= 11 is 0.891. The van der Waals surface area contributed by atoms with Crippen molar-refractivity contribution < 1.29 is 9.59 Å². The van der Waals surface area contributed by atoms with Gasteiger partial charge in [0.2, 0.25) is 5.95 Å². The molecule has 1 aromatic heterocycles. The third kappa shape index (κ3) is 3.40. The Hall–Kier alpha value is -1.93. The Balaban J connectivity index is 1.81. The van der Waals surface area contributed by atoms with E-state index in [1.165, 1.54) is 0 Å². The summed E-state index contributed by atoms with van der Waals surface area (Å²) in [7, 11) is 0. The standard InChI is InChI=1S/C13H15N5O2S/c19-11-10(21-13(20)17-11)8-9-2-4-15-12(16-9)18-6-1-3-14-5-7-18/h2,4,8,14H,1,3,5-7H2,(H,17,19,20)/b10-8-. The molecule has 1 aromatic rings. The number of nitrogens with one attached hydrogen (secondary N) is 2. The molecule has 110 valence electrons. The second-order valence-electron chi connectivity index (χ2n) is 4.72. The van der Waals surface area contributed by atoms with Gasteiger partial charge in [-0.2, -0.15) is 0 Å². The number of carbonyl (C=O) groups is 2. The molecule has 0 spiro atoms. The summed E-state index contributed by atoms with van der Waals surface area (Å²) in [5.41, 5.74) is 0.629. The first kappa shape index (κ1) is 14.0. The molecule has 0 saturated carbocycles. The lowest BCUT2D eigenvalue weighted by Crippen LogP contribution is -2.29. The van der Waals surface area contributed by atoms with Crippen LogP contribution in [0.2, 0.25) is 0 Å². The van der Waals surface area contributed by atoms with Crippen LogP contribution in [0.25, 0.3) is 6.08 Å². The molecule has 2 aliphatic heterocycles. The minimum Gasteiger partial charge on any atom is -0.339 e. The Bertz CT molecular complexity index is 596. The normalized spacial score (nSPS) is 21.5. The van der Waals surface area contributed by atoms with E-state index in [2.05, 4.69) is 25.5 Å². The van der Waals surface area contributed by atoms with Crippen LogP contribution in [0.4, 0.5) is 10.7 Å². The molecule has 3 rings (SSSR count). The number of hydrogen-bond donors (Lipinski definition) is 2. The highest BCUT2D eigenvalue weighted by atomic mass is 32.2. The van der Waals surface area contributed by atoms with E-state index < -0.39 is 0 Å². The van der Waals surface area contributed by atoms with Crippen molar-refractivity contribution in [1.29, 1.82) is 0 Å². The molecule has 2 aliphatic rings. The summed E-state index contributed by atoms with van der Waals surface area (Å²) in [5, 5.41) is 5.21. The van der Waals surface area contributed by atoms with Gasteiger partial charge < -0.3 is 10.2 Å². The number of rotatable bonds is 2. The molecule has 2 saturated heterocycles. The number of anilines is 1. The topological polar surface area (TPSA) is 87.2 Å². The van der Waals surface area contributed by atoms with E-state index in [1.54, 1.807) is 18.3 Å². The van der Waals surface area contributed by atoms with Gasteiger partial charge >= 0.3 is 0 Å². The third-order valence-corrected chi connectivity index (χ3v) is 4.02. The molecule has 7 nitrogen and oxygen atoms in total. The van der Waals surface area contributed by atoms with Crippen LogP contribution in [-0.4, -0.2) is 47.3 Å². The fraction of sp³-hybridized carbons (Fsp3) is 0.385. The molecule has 2 fully saturated rings. The zero-order valence-corrected chi connectivity index (χ0v) is 12.2. The predicted molar refractivity (Wildman–Crippen MR) is 80.8 cm³/mol. The SMILES string of the molecule is O=C1NC(=O)/C(=C/c2ccnc(N3CCCNCC3)n2)S1. The first-order chi connectivity index (χ1) is 10.2. The maximum atomic E-state index is 11.5. The first-order valence-corrected chi connectivity index (χ1v) is 7.57. The summed E-state index contributed by atoms with van der Waals surface area (Å²) in [5.74, 6) is 0.284. The van der Waals surface area contributed by atoms with Crippen LogP contribution in [0.1, 0.15) is 12.1 Å². The number of nitrogens with zero attached hydrogens (tertiary/aromatic N) is 3. The van der Waals surface area contributed by atoms with Gasteiger partial charge in [-0.15, -0.1) is 0 Å². The van der Waals surface area contributed by atoms with Gasteiger partial charge in [0.1, 0.15) is 0 Å². The van der Waals surface area contributed by atoms with Crippen molar-refractivity contribution in [3.8, 4) is 0 Å². The summed E-state index contributed by atoms with van der Waals surface area (Å²) in [6.45, 7) is 3.66. The van der Waals surface area contributed by atoms with Crippen molar-refractivity contribution in [1.82, 2.24) is 20.6 Å². The lowest BCUT2D eigenvalue weighted by atomic mass is 10.3. The van der Waals surface area contributed by atoms with Gasteiger partial charge in [-0.25, -0.2) is 9.97 Å². The van der Waals surface area contributed by atoms with E-state index >= 15 is 0 Å². The fourth-order valence-corrected chi connectivity index (χ4v) is 2.86. The summed E-state index contributed by atoms with van der Waals surface area (Å²) < 4.78 is 0. The second-order valence-corrected chi connectivity index (χ2v) is 5.74. The van der Waals surface area contributed by atoms with E-state index in [1.807, 2.05) is 0 Å². The van der Waals surface area contributed by atoms with E-state index in [4.69, 9.17) is 0 Å². The molecule has 0 bridgehead atoms. The lowest BCUT2D eigenvalue weighted by molar-refractivity contribution is -0.115. The van der Waals surface area contributed by atoms with Crippen LogP contribution in [0, 0.1) is 0 Å². The summed E-state index contributed by atoms with van der Waals surface area (Å²) in [6, 6.07) is 1.73. The van der Waals surface area contributed by atoms with Gasteiger partial charge in [0.25, 0.3) is 11.1 Å². The van der Waals surface area contributed by atoms with Crippen LogP contribution in [-0.2, 0) is 4.79 Å². The van der Waals surface area contributed by atoms with Gasteiger partial charge in [0.15, 0.2) is 0 Å². The quantitative estimate of drug-likeness (QED) is 0.774. The Labute approximate surface area is 126 Å². The Morgan fingerprint density at radius 1 is 1.29 bits per heavy atom. The van der Waals surface area contributed by atoms with Gasteiger partial charge in [-0.1, -0.05) is 0 Å². The molecule has 0 atom stereocenters. The molecular weight excluding hydrogens is 290 g/mol. The Morgan fingerprint density at radius 2 is 2.19 bits per heavy atom. The second kappa shape index (κ2) is 6.23. The van der Waals surface area contributed by atoms with Crippen molar-refractivity contribution in [2.24, 2.45) is 0 Å². The average molecular weight is 305 g/mol. The number of carbonyl (C=O) groups excluding carboxylic acids is 2. The van der Waals surface area contributed by atoms with Gasteiger partial charge in [-0.3, -0.25) is 14.9 Å². The molecule has 8 heteroatoms. The van der Waals surface area contributed by atoms with E-state index in [0.717, 1.165) is 44.4 Å². The predicted octanol–water partition coefficient (Wildman–Crippen LogP) is 0.600. The van der Waals surface area contributed by atoms with Gasteiger partial charge in [0, 0.05) is 25.8 Å². The maximum Gasteiger partial charge on any atom is 0.290 e. The van der Waals surface area contributed by atoms with Crippen molar-refractivity contribution in [3.63, 3.8) is 0 Å². The molecule has 0 radical (unpaired) electrons. The number of hydrogen-bond acceptors (Lipinski definition) is 7. The summed E-state index contributed by atoms with van der Waals surface area (Å²) in [4.78, 5) is 33.9. The van der Waals surface area contributed by atoms with Crippen LogP contribution in [0.3, 0.4) is 0 Å². The fourth-order valence-electron chi connectivity index (χ4n) is 2.20. The smallest absolute Gasteiger partial charge is 0.290 e. The van der Waals surface area contributed by atoms with Crippen LogP contribution < -0.4 is 15.5 Å². The highest BCUT2D eigenvalue weighted by Crippen LogP contribution is 2.25. The molecule has 2 N–H and O–H groups in total. The van der Waals surface area contributed by atoms with Gasteiger partial charge in [-0.05, 0) is 36.9 Å². The zero-order valence-electron chi connectivity index (χ0n) is 11.3. The Kier molecular flexibility index (Phi) is 4.16.